The van der Waals surface area contributed by atoms with Gasteiger partial charge >= 0.3 is 0 Å². The van der Waals surface area contributed by atoms with E-state index in [1.807, 2.05) is 26.8 Å². The van der Waals surface area contributed by atoms with E-state index in [2.05, 4.69) is 0 Å². The van der Waals surface area contributed by atoms with E-state index in [9.17, 15) is 0 Å². The third-order valence-electron chi connectivity index (χ3n) is 1.55. The van der Waals surface area contributed by atoms with Crippen molar-refractivity contribution in [2.24, 2.45) is 0 Å². The fraction of sp³-hybridized carbons (Fsp3) is 0.400. The third kappa shape index (κ3) is 2.78. The lowest BCUT2D eigenvalue weighted by atomic mass is 10.2. The molecule has 0 unspecified atom stereocenters. The maximum Gasteiger partial charge on any atom is 0.141 e. The first-order valence-electron chi connectivity index (χ1n) is 4.13. The molecule has 0 saturated heterocycles. The van der Waals surface area contributed by atoms with Gasteiger partial charge in [0.2, 0.25) is 0 Å². The average molecular weight is 219 g/mol. The minimum Gasteiger partial charge on any atom is -0.489 e. The zero-order chi connectivity index (χ0) is 10.0. The van der Waals surface area contributed by atoms with Crippen molar-refractivity contribution in [2.75, 3.05) is 0 Å². The highest BCUT2D eigenvalue weighted by atomic mass is 35.5. The SMILES string of the molecule is Cc1cc(Cl)cc(Cl)c1OC(C)C. The quantitative estimate of drug-likeness (QED) is 0.727. The Morgan fingerprint density at radius 2 is 1.85 bits per heavy atom. The molecule has 0 aliphatic carbocycles. The van der Waals surface area contributed by atoms with E-state index in [1.54, 1.807) is 6.07 Å². The van der Waals surface area contributed by atoms with E-state index in [0.717, 1.165) is 11.3 Å². The molecule has 0 heterocycles. The number of hydrogen-bond donors (Lipinski definition) is 0. The lowest BCUT2D eigenvalue weighted by Gasteiger charge is -2.14. The summed E-state index contributed by atoms with van der Waals surface area (Å²) in [5.41, 5.74) is 0.964. The number of benzene rings is 1. The van der Waals surface area contributed by atoms with Crippen LogP contribution in [0.3, 0.4) is 0 Å². The molecule has 72 valence electrons. The summed E-state index contributed by atoms with van der Waals surface area (Å²) in [6.07, 6.45) is 0.123. The van der Waals surface area contributed by atoms with Crippen molar-refractivity contribution < 1.29 is 4.74 Å². The highest BCUT2D eigenvalue weighted by molar-refractivity contribution is 6.35. The molecule has 13 heavy (non-hydrogen) atoms. The van der Waals surface area contributed by atoms with Gasteiger partial charge in [-0.05, 0) is 38.5 Å². The van der Waals surface area contributed by atoms with Crippen molar-refractivity contribution in [1.82, 2.24) is 0 Å². The van der Waals surface area contributed by atoms with Gasteiger partial charge in [-0.1, -0.05) is 23.2 Å². The molecule has 0 amide bonds. The molecule has 0 fully saturated rings. The highest BCUT2D eigenvalue weighted by Gasteiger charge is 2.08. The van der Waals surface area contributed by atoms with Crippen LogP contribution in [0.2, 0.25) is 10.0 Å². The van der Waals surface area contributed by atoms with Crippen LogP contribution in [0.15, 0.2) is 12.1 Å². The van der Waals surface area contributed by atoms with E-state index in [1.165, 1.54) is 0 Å². The molecular formula is C10H12Cl2O. The monoisotopic (exact) mass is 218 g/mol. The fourth-order valence-corrected chi connectivity index (χ4v) is 1.71. The molecule has 1 aromatic rings. The summed E-state index contributed by atoms with van der Waals surface area (Å²) in [5, 5.41) is 1.21. The van der Waals surface area contributed by atoms with Gasteiger partial charge in [-0.3, -0.25) is 0 Å². The summed E-state index contributed by atoms with van der Waals surface area (Å²) in [4.78, 5) is 0. The molecule has 0 atom stereocenters. The lowest BCUT2D eigenvalue weighted by Crippen LogP contribution is -2.07. The largest absolute Gasteiger partial charge is 0.489 e. The normalized spacial score (nSPS) is 10.6. The summed E-state index contributed by atoms with van der Waals surface area (Å²) >= 11 is 11.8. The van der Waals surface area contributed by atoms with Crippen molar-refractivity contribution in [3.8, 4) is 5.75 Å². The zero-order valence-electron chi connectivity index (χ0n) is 7.90. The van der Waals surface area contributed by atoms with Crippen molar-refractivity contribution in [3.05, 3.63) is 27.7 Å². The Labute approximate surface area is 88.6 Å². The summed E-state index contributed by atoms with van der Waals surface area (Å²) in [6.45, 7) is 5.85. The zero-order valence-corrected chi connectivity index (χ0v) is 9.41. The van der Waals surface area contributed by atoms with Gasteiger partial charge in [0.1, 0.15) is 5.75 Å². The molecule has 0 N–H and O–H groups in total. The molecule has 3 heteroatoms. The first-order valence-corrected chi connectivity index (χ1v) is 4.88. The number of halogens is 2. The minimum absolute atomic E-state index is 0.123. The van der Waals surface area contributed by atoms with Crippen LogP contribution in [-0.2, 0) is 0 Å². The minimum atomic E-state index is 0.123. The molecule has 0 spiro atoms. The topological polar surface area (TPSA) is 9.23 Å². The Morgan fingerprint density at radius 1 is 1.23 bits per heavy atom. The van der Waals surface area contributed by atoms with E-state index in [0.29, 0.717) is 10.0 Å². The van der Waals surface area contributed by atoms with Gasteiger partial charge in [0.25, 0.3) is 0 Å². The van der Waals surface area contributed by atoms with E-state index < -0.39 is 0 Å². The van der Waals surface area contributed by atoms with Crippen LogP contribution in [0.5, 0.6) is 5.75 Å². The van der Waals surface area contributed by atoms with Crippen molar-refractivity contribution in [1.29, 1.82) is 0 Å². The van der Waals surface area contributed by atoms with Crippen LogP contribution in [0.25, 0.3) is 0 Å². The van der Waals surface area contributed by atoms with Crippen LogP contribution in [0, 0.1) is 6.92 Å². The molecule has 0 saturated carbocycles. The van der Waals surface area contributed by atoms with Crippen LogP contribution in [0.4, 0.5) is 0 Å². The maximum absolute atomic E-state index is 5.97. The fourth-order valence-electron chi connectivity index (χ4n) is 1.07. The van der Waals surface area contributed by atoms with E-state index >= 15 is 0 Å². The lowest BCUT2D eigenvalue weighted by molar-refractivity contribution is 0.241. The Morgan fingerprint density at radius 3 is 2.31 bits per heavy atom. The number of aryl methyl sites for hydroxylation is 1. The van der Waals surface area contributed by atoms with Crippen LogP contribution in [0.1, 0.15) is 19.4 Å². The van der Waals surface area contributed by atoms with Crippen molar-refractivity contribution in [2.45, 2.75) is 26.9 Å². The molecule has 1 aromatic carbocycles. The second-order valence-corrected chi connectivity index (χ2v) is 4.04. The van der Waals surface area contributed by atoms with Gasteiger partial charge in [-0.2, -0.15) is 0 Å². The highest BCUT2D eigenvalue weighted by Crippen LogP contribution is 2.32. The van der Waals surface area contributed by atoms with Gasteiger partial charge in [0.05, 0.1) is 11.1 Å². The molecule has 0 aliphatic heterocycles. The Hall–Kier alpha value is -0.400. The predicted molar refractivity (Wildman–Crippen MR) is 57.0 cm³/mol. The smallest absolute Gasteiger partial charge is 0.141 e. The second-order valence-electron chi connectivity index (χ2n) is 3.20. The Balaban J connectivity index is 3.06. The summed E-state index contributed by atoms with van der Waals surface area (Å²) in [6, 6.07) is 3.53. The molecule has 1 nitrogen and oxygen atoms in total. The van der Waals surface area contributed by atoms with Gasteiger partial charge in [0, 0.05) is 5.02 Å². The summed E-state index contributed by atoms with van der Waals surface area (Å²) in [5.74, 6) is 0.723. The molecule has 0 bridgehead atoms. The van der Waals surface area contributed by atoms with Gasteiger partial charge in [-0.25, -0.2) is 0 Å². The predicted octanol–water partition coefficient (Wildman–Crippen LogP) is 4.09. The molecule has 0 aromatic heterocycles. The molecule has 1 rings (SSSR count). The van der Waals surface area contributed by atoms with Gasteiger partial charge in [-0.15, -0.1) is 0 Å². The number of ether oxygens (including phenoxy) is 1. The number of rotatable bonds is 2. The van der Waals surface area contributed by atoms with Crippen molar-refractivity contribution in [3.63, 3.8) is 0 Å². The van der Waals surface area contributed by atoms with Gasteiger partial charge < -0.3 is 4.74 Å². The Kier molecular flexibility index (Phi) is 3.46. The van der Waals surface area contributed by atoms with E-state index in [-0.39, 0.29) is 6.10 Å². The molecule has 0 radical (unpaired) electrons. The molecular weight excluding hydrogens is 207 g/mol. The second kappa shape index (κ2) is 4.21. The van der Waals surface area contributed by atoms with Crippen LogP contribution >= 0.6 is 23.2 Å². The molecule has 0 aliphatic rings. The van der Waals surface area contributed by atoms with Crippen LogP contribution < -0.4 is 4.74 Å². The standard InChI is InChI=1S/C10H12Cl2O/c1-6(2)13-10-7(3)4-8(11)5-9(10)12/h4-6H,1-3H3. The first-order chi connectivity index (χ1) is 6.00. The number of hydrogen-bond acceptors (Lipinski definition) is 1. The Bertz CT molecular complexity index is 285. The maximum atomic E-state index is 5.97. The first kappa shape index (κ1) is 10.7. The van der Waals surface area contributed by atoms with Gasteiger partial charge in [0.15, 0.2) is 0 Å². The average Bonchev–Trinajstić information content (AvgIpc) is 1.96. The van der Waals surface area contributed by atoms with E-state index in [4.69, 9.17) is 27.9 Å². The summed E-state index contributed by atoms with van der Waals surface area (Å²) < 4.78 is 5.54. The van der Waals surface area contributed by atoms with Crippen LogP contribution in [-0.4, -0.2) is 6.10 Å². The van der Waals surface area contributed by atoms with Crippen molar-refractivity contribution >= 4 is 23.2 Å². The third-order valence-corrected chi connectivity index (χ3v) is 2.05. The summed E-state index contributed by atoms with van der Waals surface area (Å²) in [7, 11) is 0.